The maximum absolute atomic E-state index is 4.30. The summed E-state index contributed by atoms with van der Waals surface area (Å²) in [6.07, 6.45) is 6.69. The SMILES string of the molecule is CN=C(NCCCCn1cnnc1)NC(C)Cc1ccc(C)s1. The van der Waals surface area contributed by atoms with Gasteiger partial charge in [-0.05, 0) is 38.8 Å². The maximum Gasteiger partial charge on any atom is 0.191 e. The first-order valence-electron chi connectivity index (χ1n) is 8.02. The lowest BCUT2D eigenvalue weighted by atomic mass is 10.2. The van der Waals surface area contributed by atoms with Gasteiger partial charge in [-0.15, -0.1) is 21.5 Å². The molecule has 0 saturated carbocycles. The second-order valence-electron chi connectivity index (χ2n) is 5.67. The molecule has 1 unspecified atom stereocenters. The van der Waals surface area contributed by atoms with E-state index >= 15 is 0 Å². The third kappa shape index (κ3) is 6.40. The molecule has 1 atom stereocenters. The number of hydrogen-bond donors (Lipinski definition) is 2. The van der Waals surface area contributed by atoms with Gasteiger partial charge >= 0.3 is 0 Å². The van der Waals surface area contributed by atoms with Crippen molar-refractivity contribution in [2.75, 3.05) is 13.6 Å². The number of unbranched alkanes of at least 4 members (excludes halogenated alkanes) is 1. The van der Waals surface area contributed by atoms with Crippen LogP contribution in [-0.4, -0.2) is 40.4 Å². The van der Waals surface area contributed by atoms with Crippen LogP contribution >= 0.6 is 11.3 Å². The van der Waals surface area contributed by atoms with E-state index in [1.54, 1.807) is 12.7 Å². The Bertz CT molecular complexity index is 589. The van der Waals surface area contributed by atoms with E-state index in [0.29, 0.717) is 6.04 Å². The number of thiophene rings is 1. The van der Waals surface area contributed by atoms with Gasteiger partial charge in [-0.1, -0.05) is 0 Å². The number of nitrogens with one attached hydrogen (secondary N) is 2. The molecule has 0 aliphatic carbocycles. The minimum absolute atomic E-state index is 0.358. The molecule has 0 saturated heterocycles. The van der Waals surface area contributed by atoms with Crippen LogP contribution in [-0.2, 0) is 13.0 Å². The summed E-state index contributed by atoms with van der Waals surface area (Å²) in [5, 5.41) is 14.4. The molecule has 2 aromatic rings. The third-order valence-corrected chi connectivity index (χ3v) is 4.54. The molecule has 2 N–H and O–H groups in total. The van der Waals surface area contributed by atoms with Gasteiger partial charge < -0.3 is 15.2 Å². The van der Waals surface area contributed by atoms with Crippen molar-refractivity contribution >= 4 is 17.3 Å². The lowest BCUT2D eigenvalue weighted by molar-refractivity contribution is 0.590. The third-order valence-electron chi connectivity index (χ3n) is 3.51. The number of aryl methyl sites for hydroxylation is 2. The number of aromatic nitrogens is 3. The van der Waals surface area contributed by atoms with Crippen molar-refractivity contribution in [2.45, 2.75) is 45.7 Å². The van der Waals surface area contributed by atoms with Crippen molar-refractivity contribution < 1.29 is 0 Å². The van der Waals surface area contributed by atoms with Gasteiger partial charge in [0.05, 0.1) is 0 Å². The molecule has 23 heavy (non-hydrogen) atoms. The average Bonchev–Trinajstić information content (AvgIpc) is 3.17. The Hall–Kier alpha value is -1.89. The first-order chi connectivity index (χ1) is 11.2. The molecule has 0 bridgehead atoms. The molecule has 0 aliphatic heterocycles. The van der Waals surface area contributed by atoms with Crippen LogP contribution in [0.15, 0.2) is 29.8 Å². The van der Waals surface area contributed by atoms with Crippen molar-refractivity contribution in [1.29, 1.82) is 0 Å². The molecule has 2 rings (SSSR count). The van der Waals surface area contributed by atoms with Crippen LogP contribution in [0, 0.1) is 6.92 Å². The van der Waals surface area contributed by atoms with Crippen LogP contribution in [0.2, 0.25) is 0 Å². The zero-order chi connectivity index (χ0) is 16.5. The maximum atomic E-state index is 4.30. The molecule has 6 nitrogen and oxygen atoms in total. The lowest BCUT2D eigenvalue weighted by Crippen LogP contribution is -2.43. The second kappa shape index (κ2) is 9.29. The Balaban J connectivity index is 1.62. The molecule has 0 aliphatic rings. The molecule has 126 valence electrons. The fourth-order valence-corrected chi connectivity index (χ4v) is 3.36. The summed E-state index contributed by atoms with van der Waals surface area (Å²) in [5.74, 6) is 0.870. The van der Waals surface area contributed by atoms with Crippen molar-refractivity contribution in [3.05, 3.63) is 34.5 Å². The molecule has 0 amide bonds. The predicted octanol–water partition coefficient (Wildman–Crippen LogP) is 2.22. The summed E-state index contributed by atoms with van der Waals surface area (Å²) in [4.78, 5) is 7.07. The van der Waals surface area contributed by atoms with E-state index in [4.69, 9.17) is 0 Å². The molecular formula is C16H26N6S. The van der Waals surface area contributed by atoms with Crippen LogP contribution in [0.25, 0.3) is 0 Å². The smallest absolute Gasteiger partial charge is 0.191 e. The average molecular weight is 334 g/mol. The highest BCUT2D eigenvalue weighted by Crippen LogP contribution is 2.16. The van der Waals surface area contributed by atoms with Crippen LogP contribution in [0.4, 0.5) is 0 Å². The van der Waals surface area contributed by atoms with Crippen molar-refractivity contribution in [3.63, 3.8) is 0 Å². The topological polar surface area (TPSA) is 67.1 Å². The zero-order valence-electron chi connectivity index (χ0n) is 14.1. The van der Waals surface area contributed by atoms with E-state index in [1.165, 1.54) is 9.75 Å². The molecule has 0 spiro atoms. The Kier molecular flexibility index (Phi) is 7.06. The van der Waals surface area contributed by atoms with E-state index in [1.807, 2.05) is 23.0 Å². The number of guanidine groups is 1. The van der Waals surface area contributed by atoms with Gasteiger partial charge in [0.1, 0.15) is 12.7 Å². The van der Waals surface area contributed by atoms with Crippen LogP contribution < -0.4 is 10.6 Å². The van der Waals surface area contributed by atoms with Crippen LogP contribution in [0.5, 0.6) is 0 Å². The highest BCUT2D eigenvalue weighted by molar-refractivity contribution is 7.11. The quantitative estimate of drug-likeness (QED) is 0.441. The highest BCUT2D eigenvalue weighted by atomic mass is 32.1. The molecule has 2 heterocycles. The summed E-state index contributed by atoms with van der Waals surface area (Å²) in [7, 11) is 1.81. The zero-order valence-corrected chi connectivity index (χ0v) is 14.9. The number of rotatable bonds is 8. The molecule has 0 radical (unpaired) electrons. The number of hydrogen-bond acceptors (Lipinski definition) is 4. The molecule has 0 fully saturated rings. The first kappa shape index (κ1) is 17.5. The fraction of sp³-hybridized carbons (Fsp3) is 0.562. The molecular weight excluding hydrogens is 308 g/mol. The van der Waals surface area contributed by atoms with E-state index in [9.17, 15) is 0 Å². The Morgan fingerprint density at radius 2 is 2.09 bits per heavy atom. The summed E-state index contributed by atoms with van der Waals surface area (Å²) in [6.45, 7) is 6.20. The normalized spacial score (nSPS) is 13.1. The van der Waals surface area contributed by atoms with Gasteiger partial charge in [-0.3, -0.25) is 4.99 Å². The fourth-order valence-electron chi connectivity index (χ4n) is 2.34. The minimum atomic E-state index is 0.358. The summed E-state index contributed by atoms with van der Waals surface area (Å²) in [6, 6.07) is 4.74. The first-order valence-corrected chi connectivity index (χ1v) is 8.84. The largest absolute Gasteiger partial charge is 0.356 e. The Labute approximate surface area is 142 Å². The van der Waals surface area contributed by atoms with E-state index in [0.717, 1.165) is 38.3 Å². The summed E-state index contributed by atoms with van der Waals surface area (Å²) < 4.78 is 2.00. The Morgan fingerprint density at radius 1 is 1.30 bits per heavy atom. The van der Waals surface area contributed by atoms with Crippen LogP contribution in [0.3, 0.4) is 0 Å². The number of aliphatic imine (C=N–C) groups is 1. The van der Waals surface area contributed by atoms with Crippen molar-refractivity contribution in [3.8, 4) is 0 Å². The van der Waals surface area contributed by atoms with Gasteiger partial charge in [-0.25, -0.2) is 0 Å². The van der Waals surface area contributed by atoms with Gasteiger partial charge in [0.2, 0.25) is 0 Å². The molecule has 0 aromatic carbocycles. The van der Waals surface area contributed by atoms with Gasteiger partial charge in [0, 0.05) is 42.4 Å². The summed E-state index contributed by atoms with van der Waals surface area (Å²) >= 11 is 1.86. The monoisotopic (exact) mass is 334 g/mol. The van der Waals surface area contributed by atoms with E-state index in [-0.39, 0.29) is 0 Å². The van der Waals surface area contributed by atoms with E-state index in [2.05, 4.69) is 51.8 Å². The lowest BCUT2D eigenvalue weighted by Gasteiger charge is -2.17. The van der Waals surface area contributed by atoms with Crippen LogP contribution in [0.1, 0.15) is 29.5 Å². The van der Waals surface area contributed by atoms with Gasteiger partial charge in [0.25, 0.3) is 0 Å². The van der Waals surface area contributed by atoms with Gasteiger partial charge in [-0.2, -0.15) is 0 Å². The second-order valence-corrected chi connectivity index (χ2v) is 7.04. The van der Waals surface area contributed by atoms with Crippen molar-refractivity contribution in [2.24, 2.45) is 4.99 Å². The standard InChI is InChI=1S/C16H26N6S/c1-13(10-15-7-6-14(2)23-15)21-16(17-3)18-8-4-5-9-22-11-19-20-12-22/h6-7,11-13H,4-5,8-10H2,1-3H3,(H2,17,18,21). The molecule has 7 heteroatoms. The predicted molar refractivity (Wildman–Crippen MR) is 96.0 cm³/mol. The minimum Gasteiger partial charge on any atom is -0.356 e. The van der Waals surface area contributed by atoms with Gasteiger partial charge in [0.15, 0.2) is 5.96 Å². The molecule has 2 aromatic heterocycles. The summed E-state index contributed by atoms with van der Waals surface area (Å²) in [5.41, 5.74) is 0. The van der Waals surface area contributed by atoms with Crippen molar-refractivity contribution in [1.82, 2.24) is 25.4 Å². The number of nitrogens with zero attached hydrogens (tertiary/aromatic N) is 4. The Morgan fingerprint density at radius 3 is 2.74 bits per heavy atom. The highest BCUT2D eigenvalue weighted by Gasteiger charge is 2.07. The van der Waals surface area contributed by atoms with E-state index < -0.39 is 0 Å².